The van der Waals surface area contributed by atoms with Crippen LogP contribution >= 0.6 is 0 Å². The molecule has 7 heavy (non-hydrogen) atoms. The van der Waals surface area contributed by atoms with E-state index in [2.05, 4.69) is 13.8 Å². The average molecular weight is 307 g/mol. The molecule has 0 bridgehead atoms. The summed E-state index contributed by atoms with van der Waals surface area (Å²) in [5.74, 6) is 0. The van der Waals surface area contributed by atoms with Gasteiger partial charge in [0.1, 0.15) is 0 Å². The fraction of sp³-hybridized carbons (Fsp3) is 0.200. The Balaban J connectivity index is -0.00000000333. The third-order valence-electron chi connectivity index (χ3n) is 0. The summed E-state index contributed by atoms with van der Waals surface area (Å²) in [4.78, 5) is 0. The third kappa shape index (κ3) is 125. The van der Waals surface area contributed by atoms with Crippen molar-refractivity contribution < 1.29 is 39.6 Å². The van der Waals surface area contributed by atoms with Crippen LogP contribution in [0.3, 0.4) is 0 Å². The molecule has 0 aliphatic heterocycles. The van der Waals surface area contributed by atoms with Crippen molar-refractivity contribution in [2.45, 2.75) is 6.42 Å². The summed E-state index contributed by atoms with van der Waals surface area (Å²) in [6.07, 6.45) is 0.750. The zero-order chi connectivity index (χ0) is 2.71. The van der Waals surface area contributed by atoms with Crippen LogP contribution < -0.4 is 0 Å². The zero-order valence-corrected chi connectivity index (χ0v) is 9.31. The van der Waals surface area contributed by atoms with E-state index in [-0.39, 0.29) is 54.5 Å². The molecule has 0 aliphatic rings. The van der Waals surface area contributed by atoms with Crippen LogP contribution in [-0.2, 0) is 39.6 Å². The maximum absolute atomic E-state index is 3.38. The zero-order valence-electron chi connectivity index (χ0n) is 4.98. The minimum absolute atomic E-state index is 0. The largest absolute Gasteiger partial charge is 2.00 e. The van der Waals surface area contributed by atoms with Gasteiger partial charge in [-0.25, -0.2) is 0 Å². The van der Waals surface area contributed by atoms with E-state index in [9.17, 15) is 0 Å². The molecule has 0 atom stereocenters. The van der Waals surface area contributed by atoms with E-state index in [0.29, 0.717) is 0 Å². The Bertz CT molecular complexity index is 8.04. The van der Waals surface area contributed by atoms with Crippen molar-refractivity contribution in [2.75, 3.05) is 0 Å². The maximum atomic E-state index is 3.38. The van der Waals surface area contributed by atoms with Crippen LogP contribution in [-0.4, -0.2) is 0 Å². The van der Waals surface area contributed by atoms with Gasteiger partial charge in [-0.15, -0.1) is 0 Å². The predicted octanol–water partition coefficient (Wildman–Crippen LogP) is 1.94. The molecule has 0 N–H and O–H groups in total. The van der Waals surface area contributed by atoms with Crippen LogP contribution in [0, 0.1) is 28.7 Å². The van der Waals surface area contributed by atoms with Crippen molar-refractivity contribution in [3.8, 4) is 0 Å². The SMILES string of the molecule is [CH2-]C[CH2-].[CH3-].[CH3-].[V+2].[W+2]. The topological polar surface area (TPSA) is 0 Å². The second-order valence-corrected chi connectivity index (χ2v) is 0.354. The molecule has 0 aromatic carbocycles. The molecule has 43 valence electrons. The fourth-order valence-corrected chi connectivity index (χ4v) is 0. The Kier molecular flexibility index (Phi) is 323. The van der Waals surface area contributed by atoms with Gasteiger partial charge in [-0.05, 0) is 0 Å². The summed E-state index contributed by atoms with van der Waals surface area (Å²) < 4.78 is 0. The van der Waals surface area contributed by atoms with E-state index in [4.69, 9.17) is 0 Å². The standard InChI is InChI=1S/C3H6.2CH3.V.W/c1-3-2;;;;/h1-3H2;2*1H3;;/q-2;2*-1;2*+2. The average Bonchev–Trinajstić information content (AvgIpc) is 0.918. The monoisotopic (exact) mass is 307 g/mol. The van der Waals surface area contributed by atoms with Crippen molar-refractivity contribution in [2.24, 2.45) is 0 Å². The first-order valence-corrected chi connectivity index (χ1v) is 1.000. The molecule has 0 fully saturated rings. The summed E-state index contributed by atoms with van der Waals surface area (Å²) in [5.41, 5.74) is 0. The van der Waals surface area contributed by atoms with Gasteiger partial charge in [-0.1, -0.05) is 0 Å². The minimum Gasteiger partial charge on any atom is -0.372 e. The molecule has 0 aliphatic carbocycles. The fourth-order valence-electron chi connectivity index (χ4n) is 0. The second-order valence-electron chi connectivity index (χ2n) is 0.354. The maximum Gasteiger partial charge on any atom is 2.00 e. The van der Waals surface area contributed by atoms with E-state index in [1.165, 1.54) is 0 Å². The number of rotatable bonds is 0. The molecule has 0 aromatic rings. The van der Waals surface area contributed by atoms with E-state index in [1.54, 1.807) is 0 Å². The van der Waals surface area contributed by atoms with Gasteiger partial charge in [0.2, 0.25) is 0 Å². The van der Waals surface area contributed by atoms with Crippen LogP contribution in [0.2, 0.25) is 0 Å². The molecule has 2 heteroatoms. The van der Waals surface area contributed by atoms with E-state index < -0.39 is 0 Å². The first kappa shape index (κ1) is 40.9. The first-order chi connectivity index (χ1) is 1.41. The van der Waals surface area contributed by atoms with Crippen molar-refractivity contribution in [3.05, 3.63) is 28.7 Å². The van der Waals surface area contributed by atoms with E-state index in [0.717, 1.165) is 6.42 Å². The van der Waals surface area contributed by atoms with Crippen LogP contribution in [0.15, 0.2) is 0 Å². The Labute approximate surface area is 74.6 Å². The Morgan fingerprint density at radius 1 is 1.00 bits per heavy atom. The molecule has 0 aromatic heterocycles. The van der Waals surface area contributed by atoms with Gasteiger partial charge in [0, 0.05) is 0 Å². The van der Waals surface area contributed by atoms with Gasteiger partial charge in [0.05, 0.1) is 0 Å². The second kappa shape index (κ2) is 55.4. The first-order valence-electron chi connectivity index (χ1n) is 1.000. The molecular weight excluding hydrogens is 295 g/mol. The van der Waals surface area contributed by atoms with Gasteiger partial charge in [0.15, 0.2) is 0 Å². The molecule has 0 unspecified atom stereocenters. The van der Waals surface area contributed by atoms with Crippen molar-refractivity contribution in [3.63, 3.8) is 0 Å². The molecule has 0 heterocycles. The molecule has 0 amide bonds. The Hall–Kier alpha value is 1.27. The van der Waals surface area contributed by atoms with Gasteiger partial charge in [-0.3, -0.25) is 0 Å². The summed E-state index contributed by atoms with van der Waals surface area (Å²) in [6.45, 7) is 6.75. The smallest absolute Gasteiger partial charge is 0.372 e. The molecule has 0 saturated heterocycles. The molecule has 0 saturated carbocycles. The van der Waals surface area contributed by atoms with Crippen molar-refractivity contribution >= 4 is 0 Å². The molecule has 0 rings (SSSR count). The third-order valence-corrected chi connectivity index (χ3v) is 0. The van der Waals surface area contributed by atoms with Crippen LogP contribution in [0.4, 0.5) is 0 Å². The van der Waals surface area contributed by atoms with Crippen LogP contribution in [0.5, 0.6) is 0 Å². The summed E-state index contributed by atoms with van der Waals surface area (Å²) in [7, 11) is 0. The Morgan fingerprint density at radius 3 is 1.00 bits per heavy atom. The number of hydrogen-bond donors (Lipinski definition) is 0. The van der Waals surface area contributed by atoms with Gasteiger partial charge < -0.3 is 35.1 Å². The molecule has 0 spiro atoms. The van der Waals surface area contributed by atoms with Gasteiger partial charge >= 0.3 is 39.6 Å². The van der Waals surface area contributed by atoms with Crippen molar-refractivity contribution in [1.29, 1.82) is 0 Å². The quantitative estimate of drug-likeness (QED) is 0.600. The summed E-state index contributed by atoms with van der Waals surface area (Å²) in [6, 6.07) is 0. The van der Waals surface area contributed by atoms with Gasteiger partial charge in [-0.2, -0.15) is 0 Å². The summed E-state index contributed by atoms with van der Waals surface area (Å²) >= 11 is 0. The molecule has 0 nitrogen and oxygen atoms in total. The predicted molar refractivity (Wildman–Crippen MR) is 28.2 cm³/mol. The molecule has 1 radical (unpaired) electrons. The van der Waals surface area contributed by atoms with E-state index in [1.807, 2.05) is 0 Å². The number of hydrogen-bond acceptors (Lipinski definition) is 0. The van der Waals surface area contributed by atoms with Gasteiger partial charge in [0.25, 0.3) is 0 Å². The summed E-state index contributed by atoms with van der Waals surface area (Å²) in [5, 5.41) is 0. The minimum atomic E-state index is 0. The van der Waals surface area contributed by atoms with E-state index >= 15 is 0 Å². The normalized spacial score (nSPS) is 2.57. The Morgan fingerprint density at radius 2 is 1.00 bits per heavy atom. The molecular formula is C5H12VW. The van der Waals surface area contributed by atoms with Crippen LogP contribution in [0.1, 0.15) is 6.42 Å². The van der Waals surface area contributed by atoms with Crippen molar-refractivity contribution in [1.82, 2.24) is 0 Å². The van der Waals surface area contributed by atoms with Crippen LogP contribution in [0.25, 0.3) is 0 Å².